The van der Waals surface area contributed by atoms with E-state index >= 15 is 0 Å². The van der Waals surface area contributed by atoms with Crippen LogP contribution in [-0.2, 0) is 4.79 Å². The Balaban J connectivity index is 0. The Bertz CT molecular complexity index is 321. The van der Waals surface area contributed by atoms with Gasteiger partial charge in [0.1, 0.15) is 0 Å². The largest absolute Gasteiger partial charge is 0.481 e. The van der Waals surface area contributed by atoms with Gasteiger partial charge in [-0.05, 0) is 19.3 Å². The molecule has 194 valence electrons. The summed E-state index contributed by atoms with van der Waals surface area (Å²) in [7, 11) is 0. The van der Waals surface area contributed by atoms with Crippen molar-refractivity contribution in [3.8, 4) is 0 Å². The molecule has 0 aromatic heterocycles. The first-order valence-electron chi connectivity index (χ1n) is 14.1. The van der Waals surface area contributed by atoms with Crippen molar-refractivity contribution in [2.24, 2.45) is 0 Å². The Hall–Kier alpha value is -0.610. The Labute approximate surface area is 200 Å². The van der Waals surface area contributed by atoms with Crippen LogP contribution in [0.3, 0.4) is 0 Å². The highest BCUT2D eigenvalue weighted by Crippen LogP contribution is 2.13. The number of carbonyl (C=O) groups is 1. The third-order valence-electron chi connectivity index (χ3n) is 6.06. The maximum atomic E-state index is 10.3. The molecular weight excluding hydrogens is 400 g/mol. The summed E-state index contributed by atoms with van der Waals surface area (Å²) in [6.07, 6.45) is 29.4. The molecule has 0 aliphatic heterocycles. The number of rotatable bonds is 25. The van der Waals surface area contributed by atoms with Crippen molar-refractivity contribution in [3.63, 3.8) is 0 Å². The SMILES string of the molecule is CCCCCCCCCCCCCCCC(=O)O.OCCCCCCCCCCCCO. The van der Waals surface area contributed by atoms with Gasteiger partial charge in [-0.25, -0.2) is 0 Å². The minimum absolute atomic E-state index is 0.345. The van der Waals surface area contributed by atoms with Crippen molar-refractivity contribution in [2.75, 3.05) is 13.2 Å². The van der Waals surface area contributed by atoms with Crippen LogP contribution in [0, 0.1) is 0 Å². The molecule has 0 unspecified atom stereocenters. The third kappa shape index (κ3) is 36.7. The molecule has 0 spiro atoms. The molecule has 4 nitrogen and oxygen atoms in total. The van der Waals surface area contributed by atoms with E-state index in [2.05, 4.69) is 6.92 Å². The number of aliphatic hydroxyl groups is 2. The van der Waals surface area contributed by atoms with Crippen molar-refractivity contribution in [3.05, 3.63) is 0 Å². The molecule has 0 saturated heterocycles. The lowest BCUT2D eigenvalue weighted by Gasteiger charge is -2.02. The molecule has 0 bridgehead atoms. The van der Waals surface area contributed by atoms with Gasteiger partial charge in [-0.15, -0.1) is 0 Å². The number of carboxylic acid groups (broad SMARTS) is 1. The molecule has 0 atom stereocenters. The van der Waals surface area contributed by atoms with Gasteiger partial charge in [0.2, 0.25) is 0 Å². The average molecular weight is 459 g/mol. The monoisotopic (exact) mass is 458 g/mol. The zero-order valence-electron chi connectivity index (χ0n) is 21.6. The molecule has 0 heterocycles. The summed E-state index contributed by atoms with van der Waals surface area (Å²) in [6, 6.07) is 0. The van der Waals surface area contributed by atoms with Gasteiger partial charge in [-0.3, -0.25) is 4.79 Å². The number of hydrogen-bond donors (Lipinski definition) is 3. The molecule has 3 N–H and O–H groups in total. The summed E-state index contributed by atoms with van der Waals surface area (Å²) in [4.78, 5) is 10.3. The highest BCUT2D eigenvalue weighted by atomic mass is 16.4. The number of hydrogen-bond acceptors (Lipinski definition) is 3. The molecule has 0 aromatic rings. The predicted octanol–water partition coefficient (Wildman–Crippen LogP) is 8.42. The Morgan fingerprint density at radius 3 is 0.938 bits per heavy atom. The zero-order chi connectivity index (χ0) is 24.0. The summed E-state index contributed by atoms with van der Waals surface area (Å²) in [6.45, 7) is 2.96. The van der Waals surface area contributed by atoms with Crippen LogP contribution in [0.4, 0.5) is 0 Å². The van der Waals surface area contributed by atoms with Crippen LogP contribution in [-0.4, -0.2) is 34.5 Å². The van der Waals surface area contributed by atoms with E-state index in [0.717, 1.165) is 25.7 Å². The highest BCUT2D eigenvalue weighted by Gasteiger charge is 1.97. The van der Waals surface area contributed by atoms with E-state index in [4.69, 9.17) is 15.3 Å². The molecule has 4 heteroatoms. The fraction of sp³-hybridized carbons (Fsp3) is 0.964. The minimum Gasteiger partial charge on any atom is -0.481 e. The minimum atomic E-state index is -0.655. The topological polar surface area (TPSA) is 77.8 Å². The molecule has 0 aliphatic rings. The lowest BCUT2D eigenvalue weighted by Crippen LogP contribution is -1.93. The van der Waals surface area contributed by atoms with Crippen LogP contribution >= 0.6 is 0 Å². The van der Waals surface area contributed by atoms with Crippen molar-refractivity contribution in [1.82, 2.24) is 0 Å². The molecule has 0 radical (unpaired) electrons. The van der Waals surface area contributed by atoms with E-state index in [1.165, 1.54) is 122 Å². The van der Waals surface area contributed by atoms with Gasteiger partial charge in [0.25, 0.3) is 0 Å². The molecule has 0 fully saturated rings. The fourth-order valence-corrected chi connectivity index (χ4v) is 3.93. The predicted molar refractivity (Wildman–Crippen MR) is 138 cm³/mol. The van der Waals surface area contributed by atoms with E-state index in [9.17, 15) is 4.79 Å². The third-order valence-corrected chi connectivity index (χ3v) is 6.06. The van der Waals surface area contributed by atoms with Gasteiger partial charge in [0, 0.05) is 19.6 Å². The van der Waals surface area contributed by atoms with Gasteiger partial charge < -0.3 is 15.3 Å². The maximum absolute atomic E-state index is 10.3. The summed E-state index contributed by atoms with van der Waals surface area (Å²) in [5.74, 6) is -0.655. The quantitative estimate of drug-likeness (QED) is 0.120. The highest BCUT2D eigenvalue weighted by molar-refractivity contribution is 5.66. The molecule has 32 heavy (non-hydrogen) atoms. The number of aliphatic hydroxyl groups excluding tert-OH is 2. The van der Waals surface area contributed by atoms with E-state index < -0.39 is 5.97 Å². The van der Waals surface area contributed by atoms with Crippen LogP contribution in [0.15, 0.2) is 0 Å². The first-order chi connectivity index (χ1) is 15.7. The molecule has 0 saturated carbocycles. The summed E-state index contributed by atoms with van der Waals surface area (Å²) in [5.41, 5.74) is 0. The Kier molecular flexibility index (Phi) is 34.2. The van der Waals surface area contributed by atoms with Crippen LogP contribution in [0.2, 0.25) is 0 Å². The van der Waals surface area contributed by atoms with Crippen LogP contribution in [0.1, 0.15) is 161 Å². The normalized spacial score (nSPS) is 10.7. The second-order valence-corrected chi connectivity index (χ2v) is 9.37. The lowest BCUT2D eigenvalue weighted by molar-refractivity contribution is -0.137. The van der Waals surface area contributed by atoms with E-state index in [1.807, 2.05) is 0 Å². The Morgan fingerprint density at radius 2 is 0.688 bits per heavy atom. The van der Waals surface area contributed by atoms with E-state index in [0.29, 0.717) is 19.6 Å². The van der Waals surface area contributed by atoms with Gasteiger partial charge >= 0.3 is 5.97 Å². The van der Waals surface area contributed by atoms with Crippen molar-refractivity contribution in [2.45, 2.75) is 161 Å². The zero-order valence-corrected chi connectivity index (χ0v) is 21.6. The van der Waals surface area contributed by atoms with Crippen molar-refractivity contribution < 1.29 is 20.1 Å². The summed E-state index contributed by atoms with van der Waals surface area (Å²) >= 11 is 0. The van der Waals surface area contributed by atoms with Gasteiger partial charge in [0.05, 0.1) is 0 Å². The standard InChI is InChI=1S/C16H32O2.C12H26O2/c1-2-3-4-5-6-7-8-9-10-11-12-13-14-15-16(17)18;13-11-9-7-5-3-1-2-4-6-8-10-12-14/h2-15H2,1H3,(H,17,18);13-14H,1-12H2. The summed E-state index contributed by atoms with van der Waals surface area (Å²) in [5, 5.41) is 25.6. The Morgan fingerprint density at radius 1 is 0.438 bits per heavy atom. The van der Waals surface area contributed by atoms with Crippen molar-refractivity contribution >= 4 is 5.97 Å². The second-order valence-electron chi connectivity index (χ2n) is 9.37. The molecule has 0 rings (SSSR count). The maximum Gasteiger partial charge on any atom is 0.303 e. The fourth-order valence-electron chi connectivity index (χ4n) is 3.93. The van der Waals surface area contributed by atoms with Crippen LogP contribution in [0.25, 0.3) is 0 Å². The van der Waals surface area contributed by atoms with Gasteiger partial charge in [-0.1, -0.05) is 135 Å². The first kappa shape index (κ1) is 33.6. The smallest absolute Gasteiger partial charge is 0.303 e. The van der Waals surface area contributed by atoms with Crippen LogP contribution in [0.5, 0.6) is 0 Å². The van der Waals surface area contributed by atoms with Crippen LogP contribution < -0.4 is 0 Å². The molecule has 0 amide bonds. The number of aliphatic carboxylic acids is 1. The number of unbranched alkanes of at least 4 members (excludes halogenated alkanes) is 21. The first-order valence-corrected chi connectivity index (χ1v) is 14.1. The van der Waals surface area contributed by atoms with E-state index in [1.54, 1.807) is 0 Å². The molecule has 0 aliphatic carbocycles. The summed E-state index contributed by atoms with van der Waals surface area (Å²) < 4.78 is 0. The molecular formula is C28H58O4. The second kappa shape index (κ2) is 32.6. The number of carboxylic acids is 1. The van der Waals surface area contributed by atoms with Gasteiger partial charge in [0.15, 0.2) is 0 Å². The lowest BCUT2D eigenvalue weighted by atomic mass is 10.0. The van der Waals surface area contributed by atoms with E-state index in [-0.39, 0.29) is 0 Å². The van der Waals surface area contributed by atoms with Gasteiger partial charge in [-0.2, -0.15) is 0 Å². The molecule has 0 aromatic carbocycles. The average Bonchev–Trinajstić information content (AvgIpc) is 2.78. The van der Waals surface area contributed by atoms with Crippen molar-refractivity contribution in [1.29, 1.82) is 0 Å².